The normalized spacial score (nSPS) is 12.8. The van der Waals surface area contributed by atoms with E-state index in [0.29, 0.717) is 0 Å². The highest BCUT2D eigenvalue weighted by Gasteiger charge is 2.19. The van der Waals surface area contributed by atoms with Crippen LogP contribution in [-0.4, -0.2) is 51.7 Å². The fourth-order valence-electron chi connectivity index (χ4n) is 1.78. The summed E-state index contributed by atoms with van der Waals surface area (Å²) in [5.74, 6) is -0.385. The van der Waals surface area contributed by atoms with Crippen LogP contribution >= 0.6 is 0 Å². The average Bonchev–Trinajstić information content (AvgIpc) is 2.36. The van der Waals surface area contributed by atoms with Crippen molar-refractivity contribution in [2.45, 2.75) is 24.3 Å². The number of hydrogen-bond acceptors (Lipinski definition) is 3. The van der Waals surface area contributed by atoms with Gasteiger partial charge in [-0.3, -0.25) is 4.21 Å². The maximum Gasteiger partial charge on any atom is 0.317 e. The summed E-state index contributed by atoms with van der Waals surface area (Å²) < 4.78 is 25.3. The molecule has 1 aromatic carbocycles. The standard InChI is InChI=1S/C14H21FN2O3S/c1-14(2,19)10-17(3)13(18)16-8-9-21(20)12-7-5-4-6-11(12)15/h4-7,19H,8-10H2,1-3H3,(H,16,18). The predicted molar refractivity (Wildman–Crippen MR) is 80.0 cm³/mol. The van der Waals surface area contributed by atoms with Crippen LogP contribution in [0, 0.1) is 5.82 Å². The number of likely N-dealkylation sites (N-methyl/N-ethyl adjacent to an activating group) is 1. The first-order chi connectivity index (χ1) is 9.70. The summed E-state index contributed by atoms with van der Waals surface area (Å²) in [6, 6.07) is 5.49. The molecule has 1 aromatic rings. The molecule has 5 nitrogen and oxygen atoms in total. The SMILES string of the molecule is CN(CC(C)(C)O)C(=O)NCCS(=O)c1ccccc1F. The number of hydrogen-bond donors (Lipinski definition) is 2. The molecule has 0 aliphatic rings. The molecule has 21 heavy (non-hydrogen) atoms. The molecule has 1 atom stereocenters. The zero-order valence-corrected chi connectivity index (χ0v) is 13.2. The Kier molecular flexibility index (Phi) is 6.29. The number of benzene rings is 1. The Morgan fingerprint density at radius 1 is 1.43 bits per heavy atom. The van der Waals surface area contributed by atoms with E-state index in [0.717, 1.165) is 0 Å². The Bertz CT molecular complexity index is 517. The van der Waals surface area contributed by atoms with Gasteiger partial charge in [-0.05, 0) is 26.0 Å². The molecule has 0 saturated heterocycles. The summed E-state index contributed by atoms with van der Waals surface area (Å²) in [4.78, 5) is 13.2. The first kappa shape index (κ1) is 17.6. The van der Waals surface area contributed by atoms with Crippen molar-refractivity contribution in [1.82, 2.24) is 10.2 Å². The summed E-state index contributed by atoms with van der Waals surface area (Å²) in [7, 11) is 0.0554. The average molecular weight is 316 g/mol. The third-order valence-corrected chi connectivity index (χ3v) is 4.01. The summed E-state index contributed by atoms with van der Waals surface area (Å²) in [6.45, 7) is 3.54. The van der Waals surface area contributed by atoms with Crippen LogP contribution in [0.2, 0.25) is 0 Å². The zero-order valence-electron chi connectivity index (χ0n) is 12.4. The van der Waals surface area contributed by atoms with E-state index < -0.39 is 22.2 Å². The Hall–Kier alpha value is -1.47. The first-order valence-electron chi connectivity index (χ1n) is 6.55. The number of halogens is 1. The van der Waals surface area contributed by atoms with Crippen LogP contribution in [0.3, 0.4) is 0 Å². The number of carbonyl (C=O) groups is 1. The Labute approximate surface area is 126 Å². The monoisotopic (exact) mass is 316 g/mol. The highest BCUT2D eigenvalue weighted by Crippen LogP contribution is 2.11. The van der Waals surface area contributed by atoms with Gasteiger partial charge in [-0.15, -0.1) is 0 Å². The van der Waals surface area contributed by atoms with Gasteiger partial charge in [0.25, 0.3) is 0 Å². The maximum atomic E-state index is 13.4. The number of nitrogens with zero attached hydrogens (tertiary/aromatic N) is 1. The van der Waals surface area contributed by atoms with Gasteiger partial charge in [-0.2, -0.15) is 0 Å². The topological polar surface area (TPSA) is 69.6 Å². The fourth-order valence-corrected chi connectivity index (χ4v) is 2.80. The van der Waals surface area contributed by atoms with Crippen LogP contribution in [-0.2, 0) is 10.8 Å². The maximum absolute atomic E-state index is 13.4. The molecular weight excluding hydrogens is 295 g/mol. The molecule has 118 valence electrons. The van der Waals surface area contributed by atoms with Crippen molar-refractivity contribution in [1.29, 1.82) is 0 Å². The van der Waals surface area contributed by atoms with E-state index in [4.69, 9.17) is 0 Å². The van der Waals surface area contributed by atoms with Gasteiger partial charge in [0.05, 0.1) is 27.8 Å². The van der Waals surface area contributed by atoms with Crippen LogP contribution in [0.15, 0.2) is 29.2 Å². The highest BCUT2D eigenvalue weighted by molar-refractivity contribution is 7.85. The van der Waals surface area contributed by atoms with E-state index in [1.54, 1.807) is 27.0 Å². The lowest BCUT2D eigenvalue weighted by molar-refractivity contribution is 0.0533. The van der Waals surface area contributed by atoms with Crippen LogP contribution < -0.4 is 5.32 Å². The number of carbonyl (C=O) groups excluding carboxylic acids is 1. The number of aliphatic hydroxyl groups is 1. The molecule has 2 amide bonds. The quantitative estimate of drug-likeness (QED) is 0.832. The largest absolute Gasteiger partial charge is 0.389 e. The number of amides is 2. The molecule has 0 aliphatic heterocycles. The van der Waals surface area contributed by atoms with Crippen molar-refractivity contribution >= 4 is 16.8 Å². The lowest BCUT2D eigenvalue weighted by Gasteiger charge is -2.25. The second-order valence-corrected chi connectivity index (χ2v) is 6.92. The second-order valence-electron chi connectivity index (χ2n) is 5.38. The molecule has 1 rings (SSSR count). The molecule has 7 heteroatoms. The van der Waals surface area contributed by atoms with Crippen molar-refractivity contribution < 1.29 is 18.5 Å². The highest BCUT2D eigenvalue weighted by atomic mass is 32.2. The molecular formula is C14H21FN2O3S. The van der Waals surface area contributed by atoms with E-state index in [-0.39, 0.29) is 29.8 Å². The van der Waals surface area contributed by atoms with Gasteiger partial charge in [-0.25, -0.2) is 9.18 Å². The van der Waals surface area contributed by atoms with Gasteiger partial charge in [0.15, 0.2) is 0 Å². The fraction of sp³-hybridized carbons (Fsp3) is 0.500. The summed E-state index contributed by atoms with van der Waals surface area (Å²) in [5, 5.41) is 12.2. The molecule has 0 fully saturated rings. The summed E-state index contributed by atoms with van der Waals surface area (Å²) in [5.41, 5.74) is -0.984. The molecule has 1 unspecified atom stereocenters. The summed E-state index contributed by atoms with van der Waals surface area (Å²) >= 11 is 0. The third-order valence-electron chi connectivity index (χ3n) is 2.62. The van der Waals surface area contributed by atoms with Crippen molar-refractivity contribution in [3.8, 4) is 0 Å². The molecule has 0 radical (unpaired) electrons. The van der Waals surface area contributed by atoms with Gasteiger partial charge in [0.2, 0.25) is 0 Å². The lowest BCUT2D eigenvalue weighted by Crippen LogP contribution is -2.45. The minimum Gasteiger partial charge on any atom is -0.389 e. The molecule has 0 aliphatic carbocycles. The molecule has 0 heterocycles. The van der Waals surface area contributed by atoms with E-state index in [1.165, 1.54) is 23.1 Å². The van der Waals surface area contributed by atoms with E-state index in [9.17, 15) is 18.5 Å². The lowest BCUT2D eigenvalue weighted by atomic mass is 10.1. The van der Waals surface area contributed by atoms with Crippen molar-refractivity contribution in [3.63, 3.8) is 0 Å². The molecule has 2 N–H and O–H groups in total. The first-order valence-corrected chi connectivity index (χ1v) is 7.87. The van der Waals surface area contributed by atoms with Crippen LogP contribution in [0.1, 0.15) is 13.8 Å². The Morgan fingerprint density at radius 3 is 2.62 bits per heavy atom. The van der Waals surface area contributed by atoms with Crippen LogP contribution in [0.5, 0.6) is 0 Å². The number of rotatable bonds is 6. The van der Waals surface area contributed by atoms with Gasteiger partial charge in [0, 0.05) is 19.3 Å². The smallest absolute Gasteiger partial charge is 0.317 e. The van der Waals surface area contributed by atoms with Crippen LogP contribution in [0.4, 0.5) is 9.18 Å². The third kappa shape index (κ3) is 6.22. The van der Waals surface area contributed by atoms with Crippen LogP contribution in [0.25, 0.3) is 0 Å². The molecule has 0 aromatic heterocycles. The van der Waals surface area contributed by atoms with Crippen molar-refractivity contribution in [2.24, 2.45) is 0 Å². The number of nitrogens with one attached hydrogen (secondary N) is 1. The Morgan fingerprint density at radius 2 is 2.05 bits per heavy atom. The van der Waals surface area contributed by atoms with Gasteiger partial charge in [-0.1, -0.05) is 12.1 Å². The van der Waals surface area contributed by atoms with Gasteiger partial charge >= 0.3 is 6.03 Å². The molecule has 0 spiro atoms. The van der Waals surface area contributed by atoms with Crippen molar-refractivity contribution in [2.75, 3.05) is 25.9 Å². The predicted octanol–water partition coefficient (Wildman–Crippen LogP) is 1.35. The van der Waals surface area contributed by atoms with Gasteiger partial charge < -0.3 is 15.3 Å². The second kappa shape index (κ2) is 7.51. The number of urea groups is 1. The minimum absolute atomic E-state index is 0.128. The van der Waals surface area contributed by atoms with E-state index in [2.05, 4.69) is 5.32 Å². The zero-order chi connectivity index (χ0) is 16.0. The van der Waals surface area contributed by atoms with Crippen molar-refractivity contribution in [3.05, 3.63) is 30.1 Å². The molecule has 0 saturated carbocycles. The minimum atomic E-state index is -1.50. The molecule has 0 bridgehead atoms. The Balaban J connectivity index is 2.42. The van der Waals surface area contributed by atoms with Gasteiger partial charge in [0.1, 0.15) is 5.82 Å². The summed E-state index contributed by atoms with van der Waals surface area (Å²) in [6.07, 6.45) is 0. The van der Waals surface area contributed by atoms with E-state index >= 15 is 0 Å². The van der Waals surface area contributed by atoms with E-state index in [1.807, 2.05) is 0 Å².